The first-order valence-electron chi connectivity index (χ1n) is 5.96. The van der Waals surface area contributed by atoms with Gasteiger partial charge in [-0.2, -0.15) is 0 Å². The molecule has 0 atom stereocenters. The van der Waals surface area contributed by atoms with Crippen molar-refractivity contribution in [1.82, 2.24) is 10.3 Å². The third-order valence-corrected chi connectivity index (χ3v) is 3.98. The van der Waals surface area contributed by atoms with Gasteiger partial charge in [-0.3, -0.25) is 0 Å². The summed E-state index contributed by atoms with van der Waals surface area (Å²) in [7, 11) is 0. The standard InChI is InChI=1S/C14H13BrClN3S/c1-9-6-13(17-8-12(9)15)19-14(20)18-7-10-2-4-11(16)5-3-10/h2-6,8H,7H2,1H3,(H2,17,18,19,20). The zero-order valence-corrected chi connectivity index (χ0v) is 13.9. The molecular weight excluding hydrogens is 358 g/mol. The number of aryl methyl sites for hydroxylation is 1. The van der Waals surface area contributed by atoms with Gasteiger partial charge in [-0.1, -0.05) is 23.7 Å². The summed E-state index contributed by atoms with van der Waals surface area (Å²) in [5, 5.41) is 7.44. The lowest BCUT2D eigenvalue weighted by molar-refractivity contribution is 0.925. The van der Waals surface area contributed by atoms with Gasteiger partial charge in [0.1, 0.15) is 5.82 Å². The van der Waals surface area contributed by atoms with Crippen molar-refractivity contribution in [3.63, 3.8) is 0 Å². The number of nitrogens with one attached hydrogen (secondary N) is 2. The topological polar surface area (TPSA) is 37.0 Å². The summed E-state index contributed by atoms with van der Waals surface area (Å²) in [6.45, 7) is 2.64. The normalized spacial score (nSPS) is 10.2. The Morgan fingerprint density at radius 3 is 2.70 bits per heavy atom. The van der Waals surface area contributed by atoms with Gasteiger partial charge < -0.3 is 10.6 Å². The van der Waals surface area contributed by atoms with Gasteiger partial charge in [-0.25, -0.2) is 4.98 Å². The summed E-state index contributed by atoms with van der Waals surface area (Å²) in [6, 6.07) is 9.56. The number of hydrogen-bond acceptors (Lipinski definition) is 2. The minimum atomic E-state index is 0.536. The maximum absolute atomic E-state index is 5.84. The molecule has 0 aliphatic rings. The van der Waals surface area contributed by atoms with E-state index in [0.29, 0.717) is 11.7 Å². The lowest BCUT2D eigenvalue weighted by Crippen LogP contribution is -2.28. The molecule has 1 heterocycles. The molecule has 2 rings (SSSR count). The quantitative estimate of drug-likeness (QED) is 0.790. The Balaban J connectivity index is 1.89. The van der Waals surface area contributed by atoms with Crippen molar-refractivity contribution < 1.29 is 0 Å². The molecule has 6 heteroatoms. The molecule has 20 heavy (non-hydrogen) atoms. The summed E-state index contributed by atoms with van der Waals surface area (Å²) in [4.78, 5) is 4.24. The second-order valence-corrected chi connectivity index (χ2v) is 5.95. The average Bonchev–Trinajstić information content (AvgIpc) is 2.42. The van der Waals surface area contributed by atoms with Crippen LogP contribution in [-0.4, -0.2) is 10.1 Å². The summed E-state index contributed by atoms with van der Waals surface area (Å²) < 4.78 is 0.975. The number of hydrogen-bond donors (Lipinski definition) is 2. The summed E-state index contributed by atoms with van der Waals surface area (Å²) in [5.41, 5.74) is 2.21. The van der Waals surface area contributed by atoms with Crippen LogP contribution in [0.4, 0.5) is 5.82 Å². The predicted molar refractivity (Wildman–Crippen MR) is 91.2 cm³/mol. The summed E-state index contributed by atoms with van der Waals surface area (Å²) in [5.74, 6) is 0.722. The Labute approximate surface area is 136 Å². The van der Waals surface area contributed by atoms with Crippen molar-refractivity contribution in [2.75, 3.05) is 5.32 Å². The number of rotatable bonds is 3. The number of nitrogens with zero attached hydrogens (tertiary/aromatic N) is 1. The number of thiocarbonyl (C=S) groups is 1. The van der Waals surface area contributed by atoms with Crippen molar-refractivity contribution in [2.24, 2.45) is 0 Å². The molecule has 0 aliphatic heterocycles. The van der Waals surface area contributed by atoms with Crippen LogP contribution >= 0.6 is 39.7 Å². The van der Waals surface area contributed by atoms with Gasteiger partial charge in [0.2, 0.25) is 0 Å². The molecule has 3 nitrogen and oxygen atoms in total. The van der Waals surface area contributed by atoms with Gasteiger partial charge >= 0.3 is 0 Å². The smallest absolute Gasteiger partial charge is 0.172 e. The first-order valence-corrected chi connectivity index (χ1v) is 7.54. The highest BCUT2D eigenvalue weighted by molar-refractivity contribution is 9.10. The molecule has 0 saturated heterocycles. The van der Waals surface area contributed by atoms with E-state index >= 15 is 0 Å². The fourth-order valence-corrected chi connectivity index (χ4v) is 2.07. The van der Waals surface area contributed by atoms with E-state index in [1.54, 1.807) is 6.20 Å². The molecule has 0 amide bonds. The van der Waals surface area contributed by atoms with E-state index in [-0.39, 0.29) is 0 Å². The number of aromatic nitrogens is 1. The molecular formula is C14H13BrClN3S. The van der Waals surface area contributed by atoms with Crippen LogP contribution in [0.15, 0.2) is 41.0 Å². The van der Waals surface area contributed by atoms with E-state index in [1.807, 2.05) is 37.3 Å². The highest BCUT2D eigenvalue weighted by atomic mass is 79.9. The zero-order chi connectivity index (χ0) is 14.5. The lowest BCUT2D eigenvalue weighted by atomic mass is 10.2. The molecule has 0 unspecified atom stereocenters. The fourth-order valence-electron chi connectivity index (χ4n) is 1.55. The van der Waals surface area contributed by atoms with Crippen LogP contribution in [0.2, 0.25) is 5.02 Å². The lowest BCUT2D eigenvalue weighted by Gasteiger charge is -2.10. The number of halogens is 2. The van der Waals surface area contributed by atoms with E-state index in [9.17, 15) is 0 Å². The average molecular weight is 371 g/mol. The van der Waals surface area contributed by atoms with E-state index in [1.165, 1.54) is 0 Å². The van der Waals surface area contributed by atoms with E-state index in [2.05, 4.69) is 31.5 Å². The van der Waals surface area contributed by atoms with Gasteiger partial charge in [0.05, 0.1) is 0 Å². The monoisotopic (exact) mass is 369 g/mol. The van der Waals surface area contributed by atoms with Crippen LogP contribution in [0.25, 0.3) is 0 Å². The van der Waals surface area contributed by atoms with Crippen molar-refractivity contribution >= 4 is 50.7 Å². The molecule has 2 N–H and O–H groups in total. The molecule has 2 aromatic rings. The molecule has 0 fully saturated rings. The van der Waals surface area contributed by atoms with Crippen molar-refractivity contribution in [1.29, 1.82) is 0 Å². The maximum Gasteiger partial charge on any atom is 0.172 e. The predicted octanol–water partition coefficient (Wildman–Crippen LogP) is 4.29. The Morgan fingerprint density at radius 2 is 2.05 bits per heavy atom. The van der Waals surface area contributed by atoms with Crippen LogP contribution in [0, 0.1) is 6.92 Å². The van der Waals surface area contributed by atoms with E-state index in [0.717, 1.165) is 26.4 Å². The Morgan fingerprint density at radius 1 is 1.35 bits per heavy atom. The molecule has 0 aliphatic carbocycles. The third-order valence-electron chi connectivity index (χ3n) is 2.65. The fraction of sp³-hybridized carbons (Fsp3) is 0.143. The molecule has 1 aromatic carbocycles. The first kappa shape index (κ1) is 15.2. The van der Waals surface area contributed by atoms with Gasteiger partial charge in [0.25, 0.3) is 0 Å². The minimum Gasteiger partial charge on any atom is -0.358 e. The molecule has 0 radical (unpaired) electrons. The summed E-state index contributed by atoms with van der Waals surface area (Å²) >= 11 is 14.5. The Hall–Kier alpha value is -1.17. The van der Waals surface area contributed by atoms with Crippen LogP contribution in [0.5, 0.6) is 0 Å². The number of anilines is 1. The van der Waals surface area contributed by atoms with Crippen molar-refractivity contribution in [3.8, 4) is 0 Å². The highest BCUT2D eigenvalue weighted by Crippen LogP contribution is 2.17. The van der Waals surface area contributed by atoms with Gasteiger partial charge in [0, 0.05) is 22.2 Å². The van der Waals surface area contributed by atoms with E-state index < -0.39 is 0 Å². The van der Waals surface area contributed by atoms with Crippen molar-refractivity contribution in [2.45, 2.75) is 13.5 Å². The first-order chi connectivity index (χ1) is 9.54. The molecule has 0 bridgehead atoms. The molecule has 0 spiro atoms. The summed E-state index contributed by atoms with van der Waals surface area (Å²) in [6.07, 6.45) is 1.75. The number of benzene rings is 1. The van der Waals surface area contributed by atoms with Crippen LogP contribution in [0.3, 0.4) is 0 Å². The Kier molecular flexibility index (Phi) is 5.34. The van der Waals surface area contributed by atoms with E-state index in [4.69, 9.17) is 23.8 Å². The highest BCUT2D eigenvalue weighted by Gasteiger charge is 2.02. The maximum atomic E-state index is 5.84. The van der Waals surface area contributed by atoms with Gasteiger partial charge in [0.15, 0.2) is 5.11 Å². The van der Waals surface area contributed by atoms with Crippen LogP contribution in [0.1, 0.15) is 11.1 Å². The van der Waals surface area contributed by atoms with Crippen LogP contribution in [-0.2, 0) is 6.54 Å². The second-order valence-electron chi connectivity index (χ2n) is 4.25. The second kappa shape index (κ2) is 7.02. The van der Waals surface area contributed by atoms with Gasteiger partial charge in [-0.15, -0.1) is 0 Å². The van der Waals surface area contributed by atoms with Gasteiger partial charge in [-0.05, 0) is 64.4 Å². The zero-order valence-electron chi connectivity index (χ0n) is 10.8. The molecule has 104 valence electrons. The largest absolute Gasteiger partial charge is 0.358 e. The third kappa shape index (κ3) is 4.44. The van der Waals surface area contributed by atoms with Crippen LogP contribution < -0.4 is 10.6 Å². The number of pyridine rings is 1. The Bertz CT molecular complexity index is 616. The molecule has 0 saturated carbocycles. The molecule has 1 aromatic heterocycles. The minimum absolute atomic E-state index is 0.536. The SMILES string of the molecule is Cc1cc(NC(=S)NCc2ccc(Cl)cc2)ncc1Br. The van der Waals surface area contributed by atoms with Crippen molar-refractivity contribution in [3.05, 3.63) is 57.2 Å².